The molecular formula is C19H14FN5. The van der Waals surface area contributed by atoms with Crippen molar-refractivity contribution in [3.63, 3.8) is 0 Å². The van der Waals surface area contributed by atoms with E-state index >= 15 is 0 Å². The average molecular weight is 331 g/mol. The van der Waals surface area contributed by atoms with Crippen LogP contribution in [0.4, 0.5) is 4.39 Å². The fraction of sp³-hybridized carbons (Fsp3) is 0.0526. The molecule has 5 nitrogen and oxygen atoms in total. The summed E-state index contributed by atoms with van der Waals surface area (Å²) in [4.78, 5) is 20.7. The van der Waals surface area contributed by atoms with E-state index in [1.165, 1.54) is 12.1 Å². The summed E-state index contributed by atoms with van der Waals surface area (Å²) in [7, 11) is 0. The minimum atomic E-state index is -0.311. The minimum Gasteiger partial charge on any atom is -0.341 e. The van der Waals surface area contributed by atoms with E-state index < -0.39 is 0 Å². The molecule has 0 spiro atoms. The highest BCUT2D eigenvalue weighted by Gasteiger charge is 2.12. The Morgan fingerprint density at radius 3 is 2.44 bits per heavy atom. The van der Waals surface area contributed by atoms with Crippen molar-refractivity contribution in [1.82, 2.24) is 24.9 Å². The fourth-order valence-corrected chi connectivity index (χ4v) is 2.61. The van der Waals surface area contributed by atoms with Gasteiger partial charge in [-0.25, -0.2) is 19.3 Å². The number of benzene rings is 1. The molecule has 0 saturated carbocycles. The number of imidazole rings is 1. The summed E-state index contributed by atoms with van der Waals surface area (Å²) in [6.45, 7) is 1.95. The van der Waals surface area contributed by atoms with Gasteiger partial charge in [0.1, 0.15) is 11.6 Å². The molecule has 0 bridgehead atoms. The van der Waals surface area contributed by atoms with Crippen LogP contribution in [0.15, 0.2) is 61.2 Å². The van der Waals surface area contributed by atoms with Gasteiger partial charge < -0.3 is 4.98 Å². The van der Waals surface area contributed by atoms with Crippen LogP contribution >= 0.6 is 0 Å². The van der Waals surface area contributed by atoms with E-state index in [1.54, 1.807) is 36.9 Å². The van der Waals surface area contributed by atoms with Crippen molar-refractivity contribution >= 4 is 0 Å². The van der Waals surface area contributed by atoms with Gasteiger partial charge in [-0.2, -0.15) is 0 Å². The van der Waals surface area contributed by atoms with Crippen LogP contribution in [-0.2, 0) is 0 Å². The molecule has 0 saturated heterocycles. The lowest BCUT2D eigenvalue weighted by atomic mass is 10.2. The molecule has 0 atom stereocenters. The van der Waals surface area contributed by atoms with E-state index in [1.807, 2.05) is 19.1 Å². The molecule has 0 radical (unpaired) electrons. The number of aryl methyl sites for hydroxylation is 1. The third-order valence-corrected chi connectivity index (χ3v) is 3.83. The van der Waals surface area contributed by atoms with Gasteiger partial charge in [-0.15, -0.1) is 0 Å². The Hall–Kier alpha value is -3.41. The molecule has 1 aromatic carbocycles. The largest absolute Gasteiger partial charge is 0.341 e. The van der Waals surface area contributed by atoms with Gasteiger partial charge >= 0.3 is 0 Å². The van der Waals surface area contributed by atoms with Gasteiger partial charge in [0.25, 0.3) is 0 Å². The molecule has 6 heteroatoms. The van der Waals surface area contributed by atoms with Gasteiger partial charge in [-0.05, 0) is 31.2 Å². The smallest absolute Gasteiger partial charge is 0.159 e. The fourth-order valence-electron chi connectivity index (χ4n) is 2.61. The zero-order valence-electron chi connectivity index (χ0n) is 13.4. The highest BCUT2D eigenvalue weighted by molar-refractivity contribution is 5.66. The number of hydrogen-bond acceptors (Lipinski definition) is 4. The van der Waals surface area contributed by atoms with Gasteiger partial charge in [0.2, 0.25) is 0 Å². The normalized spacial score (nSPS) is 10.8. The van der Waals surface area contributed by atoms with E-state index in [-0.39, 0.29) is 5.82 Å². The van der Waals surface area contributed by atoms with Crippen LogP contribution in [-0.4, -0.2) is 24.9 Å². The highest BCUT2D eigenvalue weighted by Crippen LogP contribution is 2.25. The first-order chi connectivity index (χ1) is 12.2. The summed E-state index contributed by atoms with van der Waals surface area (Å²) in [6.07, 6.45) is 6.87. The lowest BCUT2D eigenvalue weighted by Crippen LogP contribution is -1.91. The van der Waals surface area contributed by atoms with Crippen LogP contribution < -0.4 is 0 Å². The van der Waals surface area contributed by atoms with Crippen molar-refractivity contribution in [3.05, 3.63) is 72.7 Å². The predicted molar refractivity (Wildman–Crippen MR) is 93.0 cm³/mol. The van der Waals surface area contributed by atoms with Crippen molar-refractivity contribution in [1.29, 1.82) is 0 Å². The zero-order chi connectivity index (χ0) is 17.2. The summed E-state index contributed by atoms with van der Waals surface area (Å²) in [5.41, 5.74) is 4.05. The summed E-state index contributed by atoms with van der Waals surface area (Å²) < 4.78 is 13.3. The molecule has 0 aliphatic carbocycles. The Bertz CT molecular complexity index is 1010. The first kappa shape index (κ1) is 15.1. The standard InChI is InChI=1S/C19H14FN5/c1-12-17(25-19(24-12)14-5-3-7-21-9-14)15-10-22-18(23-11-15)13-4-2-6-16(20)8-13/h2-11H,1H3,(H,24,25). The Morgan fingerprint density at radius 2 is 1.72 bits per heavy atom. The van der Waals surface area contributed by atoms with Crippen molar-refractivity contribution < 1.29 is 4.39 Å². The van der Waals surface area contributed by atoms with E-state index in [0.717, 1.165) is 28.3 Å². The zero-order valence-corrected chi connectivity index (χ0v) is 13.4. The second-order valence-corrected chi connectivity index (χ2v) is 5.61. The highest BCUT2D eigenvalue weighted by atomic mass is 19.1. The van der Waals surface area contributed by atoms with Crippen molar-refractivity contribution in [2.45, 2.75) is 6.92 Å². The van der Waals surface area contributed by atoms with Gasteiger partial charge in [0, 0.05) is 47.2 Å². The molecule has 4 aromatic rings. The third-order valence-electron chi connectivity index (χ3n) is 3.83. The number of nitrogens with one attached hydrogen (secondary N) is 1. The lowest BCUT2D eigenvalue weighted by Gasteiger charge is -2.02. The summed E-state index contributed by atoms with van der Waals surface area (Å²) in [5, 5.41) is 0. The van der Waals surface area contributed by atoms with Crippen molar-refractivity contribution in [2.24, 2.45) is 0 Å². The SMILES string of the molecule is Cc1[nH]c(-c2cccnc2)nc1-c1cnc(-c2cccc(F)c2)nc1. The number of aromatic nitrogens is 5. The molecule has 0 fully saturated rings. The van der Waals surface area contributed by atoms with E-state index in [9.17, 15) is 4.39 Å². The second-order valence-electron chi connectivity index (χ2n) is 5.61. The van der Waals surface area contributed by atoms with Gasteiger partial charge in [-0.1, -0.05) is 12.1 Å². The van der Waals surface area contributed by atoms with Gasteiger partial charge in [0.15, 0.2) is 5.82 Å². The topological polar surface area (TPSA) is 67.3 Å². The van der Waals surface area contributed by atoms with Crippen LogP contribution in [0, 0.1) is 12.7 Å². The number of nitrogens with zero attached hydrogens (tertiary/aromatic N) is 4. The summed E-state index contributed by atoms with van der Waals surface area (Å²) in [5.74, 6) is 0.910. The van der Waals surface area contributed by atoms with Gasteiger partial charge in [-0.3, -0.25) is 4.98 Å². The van der Waals surface area contributed by atoms with Crippen molar-refractivity contribution in [2.75, 3.05) is 0 Å². The maximum atomic E-state index is 13.3. The predicted octanol–water partition coefficient (Wildman–Crippen LogP) is 4.04. The molecule has 25 heavy (non-hydrogen) atoms. The number of H-pyrrole nitrogens is 1. The molecule has 0 aliphatic rings. The molecule has 122 valence electrons. The molecule has 0 unspecified atom stereocenters. The Balaban J connectivity index is 1.68. The minimum absolute atomic E-state index is 0.311. The van der Waals surface area contributed by atoms with Crippen LogP contribution in [0.2, 0.25) is 0 Å². The third kappa shape index (κ3) is 3.01. The number of aromatic amines is 1. The maximum Gasteiger partial charge on any atom is 0.159 e. The molecule has 3 heterocycles. The summed E-state index contributed by atoms with van der Waals surface area (Å²) >= 11 is 0. The first-order valence-electron chi connectivity index (χ1n) is 7.76. The molecule has 0 amide bonds. The molecule has 1 N–H and O–H groups in total. The Morgan fingerprint density at radius 1 is 0.920 bits per heavy atom. The number of rotatable bonds is 3. The number of halogens is 1. The van der Waals surface area contributed by atoms with E-state index in [0.29, 0.717) is 11.4 Å². The number of pyridine rings is 1. The monoisotopic (exact) mass is 331 g/mol. The second kappa shape index (κ2) is 6.24. The van der Waals surface area contributed by atoms with Crippen LogP contribution in [0.1, 0.15) is 5.69 Å². The average Bonchev–Trinajstić information content (AvgIpc) is 3.04. The van der Waals surface area contributed by atoms with Crippen LogP contribution in [0.3, 0.4) is 0 Å². The molecule has 4 rings (SSSR count). The molecular weight excluding hydrogens is 317 g/mol. The number of hydrogen-bond donors (Lipinski definition) is 1. The maximum absolute atomic E-state index is 13.3. The quantitative estimate of drug-likeness (QED) is 0.615. The van der Waals surface area contributed by atoms with E-state index in [2.05, 4.69) is 24.9 Å². The van der Waals surface area contributed by atoms with Crippen LogP contribution in [0.5, 0.6) is 0 Å². The molecule has 3 aromatic heterocycles. The lowest BCUT2D eigenvalue weighted by molar-refractivity contribution is 0.628. The van der Waals surface area contributed by atoms with Crippen molar-refractivity contribution in [3.8, 4) is 34.0 Å². The van der Waals surface area contributed by atoms with E-state index in [4.69, 9.17) is 0 Å². The Labute approximate surface area is 143 Å². The Kier molecular flexibility index (Phi) is 3.78. The molecule has 0 aliphatic heterocycles. The first-order valence-corrected chi connectivity index (χ1v) is 7.76. The summed E-state index contributed by atoms with van der Waals surface area (Å²) in [6, 6.07) is 10.0. The van der Waals surface area contributed by atoms with Gasteiger partial charge in [0.05, 0.1) is 5.69 Å². The van der Waals surface area contributed by atoms with Crippen LogP contribution in [0.25, 0.3) is 34.0 Å².